The first-order valence-electron chi connectivity index (χ1n) is 6.95. The van der Waals surface area contributed by atoms with Gasteiger partial charge in [-0.2, -0.15) is 0 Å². The molecule has 1 fully saturated rings. The van der Waals surface area contributed by atoms with Gasteiger partial charge in [0.1, 0.15) is 5.76 Å². The molecule has 0 spiro atoms. The third-order valence-corrected chi connectivity index (χ3v) is 4.33. The van der Waals surface area contributed by atoms with Crippen LogP contribution in [0.4, 0.5) is 0 Å². The predicted molar refractivity (Wildman–Crippen MR) is 78.8 cm³/mol. The lowest BCUT2D eigenvalue weighted by Gasteiger charge is -2.18. The largest absolute Gasteiger partial charge is 0.379 e. The number of nitrogens with one attached hydrogen (secondary N) is 1. The molecular weight excluding hydrogens is 276 g/mol. The number of rotatable bonds is 6. The summed E-state index contributed by atoms with van der Waals surface area (Å²) in [6.07, 6.45) is 0.753. The molecule has 5 nitrogen and oxygen atoms in total. The Labute approximate surface area is 123 Å². The normalized spacial score (nSPS) is 22.4. The lowest BCUT2D eigenvalue weighted by atomic mass is 9.98. The first-order valence-corrected chi connectivity index (χ1v) is 8.00. The average Bonchev–Trinajstić information content (AvgIpc) is 2.97. The van der Waals surface area contributed by atoms with Crippen molar-refractivity contribution in [2.75, 3.05) is 19.0 Å². The highest BCUT2D eigenvalue weighted by Gasteiger charge is 2.30. The van der Waals surface area contributed by atoms with Crippen molar-refractivity contribution >= 4 is 17.7 Å². The van der Waals surface area contributed by atoms with E-state index < -0.39 is 0 Å². The van der Waals surface area contributed by atoms with Crippen molar-refractivity contribution < 1.29 is 14.1 Å². The van der Waals surface area contributed by atoms with Crippen molar-refractivity contribution in [2.24, 2.45) is 5.92 Å². The molecule has 2 rings (SSSR count). The predicted octanol–water partition coefficient (Wildman–Crippen LogP) is 1.80. The van der Waals surface area contributed by atoms with Crippen LogP contribution in [0.15, 0.2) is 10.6 Å². The van der Waals surface area contributed by atoms with Crippen LogP contribution in [0, 0.1) is 12.8 Å². The topological polar surface area (TPSA) is 64.4 Å². The fourth-order valence-electron chi connectivity index (χ4n) is 2.22. The van der Waals surface area contributed by atoms with Crippen LogP contribution in [-0.2, 0) is 16.0 Å². The SMILES string of the molecule is Cc1cc(CC2COCC2NC(=O)CSC(C)C)on1. The van der Waals surface area contributed by atoms with Crippen molar-refractivity contribution in [3.8, 4) is 0 Å². The summed E-state index contributed by atoms with van der Waals surface area (Å²) in [6.45, 7) is 7.32. The van der Waals surface area contributed by atoms with E-state index in [1.165, 1.54) is 0 Å². The molecular formula is C14H22N2O3S. The first kappa shape index (κ1) is 15.4. The number of ether oxygens (including phenoxy) is 1. The Bertz CT molecular complexity index is 447. The van der Waals surface area contributed by atoms with E-state index in [0.29, 0.717) is 24.2 Å². The third kappa shape index (κ3) is 4.52. The molecule has 0 radical (unpaired) electrons. The molecule has 1 aromatic rings. The Hall–Kier alpha value is -1.01. The monoisotopic (exact) mass is 298 g/mol. The van der Waals surface area contributed by atoms with Crippen LogP contribution in [0.25, 0.3) is 0 Å². The molecule has 0 saturated carbocycles. The van der Waals surface area contributed by atoms with E-state index in [4.69, 9.17) is 9.26 Å². The van der Waals surface area contributed by atoms with Crippen LogP contribution < -0.4 is 5.32 Å². The molecule has 112 valence electrons. The minimum absolute atomic E-state index is 0.0701. The van der Waals surface area contributed by atoms with Gasteiger partial charge in [-0.15, -0.1) is 11.8 Å². The molecule has 0 aliphatic carbocycles. The van der Waals surface area contributed by atoms with Gasteiger partial charge in [0, 0.05) is 18.4 Å². The van der Waals surface area contributed by atoms with Gasteiger partial charge >= 0.3 is 0 Å². The zero-order valence-corrected chi connectivity index (χ0v) is 13.0. The van der Waals surface area contributed by atoms with E-state index in [1.807, 2.05) is 13.0 Å². The van der Waals surface area contributed by atoms with Gasteiger partial charge in [0.2, 0.25) is 5.91 Å². The van der Waals surface area contributed by atoms with Gasteiger partial charge in [-0.1, -0.05) is 19.0 Å². The fourth-order valence-corrected chi connectivity index (χ4v) is 2.79. The molecule has 20 heavy (non-hydrogen) atoms. The zero-order chi connectivity index (χ0) is 14.5. The van der Waals surface area contributed by atoms with Gasteiger partial charge in [0.15, 0.2) is 0 Å². The third-order valence-electron chi connectivity index (χ3n) is 3.23. The van der Waals surface area contributed by atoms with Crippen molar-refractivity contribution in [1.82, 2.24) is 10.5 Å². The molecule has 6 heteroatoms. The second kappa shape index (κ2) is 7.13. The highest BCUT2D eigenvalue weighted by molar-refractivity contribution is 8.00. The summed E-state index contributed by atoms with van der Waals surface area (Å²) in [5.41, 5.74) is 0.882. The molecule has 1 aromatic heterocycles. The van der Waals surface area contributed by atoms with Gasteiger partial charge < -0.3 is 14.6 Å². The first-order chi connectivity index (χ1) is 9.54. The maximum atomic E-state index is 11.9. The highest BCUT2D eigenvalue weighted by atomic mass is 32.2. The van der Waals surface area contributed by atoms with Crippen LogP contribution in [0.2, 0.25) is 0 Å². The lowest BCUT2D eigenvalue weighted by molar-refractivity contribution is -0.119. The van der Waals surface area contributed by atoms with Crippen LogP contribution >= 0.6 is 11.8 Å². The van der Waals surface area contributed by atoms with Crippen LogP contribution in [0.3, 0.4) is 0 Å². The Kier molecular flexibility index (Phi) is 5.48. The number of thioether (sulfide) groups is 1. The number of hydrogen-bond donors (Lipinski definition) is 1. The summed E-state index contributed by atoms with van der Waals surface area (Å²) in [4.78, 5) is 11.9. The number of carbonyl (C=O) groups is 1. The Morgan fingerprint density at radius 3 is 3.00 bits per heavy atom. The second-order valence-corrected chi connectivity index (χ2v) is 7.03. The van der Waals surface area contributed by atoms with Crippen molar-refractivity contribution in [1.29, 1.82) is 0 Å². The van der Waals surface area contributed by atoms with E-state index >= 15 is 0 Å². The van der Waals surface area contributed by atoms with E-state index in [-0.39, 0.29) is 17.9 Å². The number of nitrogens with zero attached hydrogens (tertiary/aromatic N) is 1. The Morgan fingerprint density at radius 2 is 2.35 bits per heavy atom. The van der Waals surface area contributed by atoms with E-state index in [0.717, 1.165) is 17.9 Å². The quantitative estimate of drug-likeness (QED) is 0.867. The van der Waals surface area contributed by atoms with Gasteiger partial charge in [0.05, 0.1) is 30.7 Å². The van der Waals surface area contributed by atoms with E-state index in [1.54, 1.807) is 11.8 Å². The Morgan fingerprint density at radius 1 is 1.55 bits per heavy atom. The number of hydrogen-bond acceptors (Lipinski definition) is 5. The number of amides is 1. The lowest BCUT2D eigenvalue weighted by Crippen LogP contribution is -2.41. The molecule has 2 atom stereocenters. The second-order valence-electron chi connectivity index (χ2n) is 5.47. The van der Waals surface area contributed by atoms with E-state index in [2.05, 4.69) is 24.3 Å². The summed E-state index contributed by atoms with van der Waals surface area (Å²) in [7, 11) is 0. The molecule has 1 aliphatic rings. The maximum absolute atomic E-state index is 11.9. The molecule has 1 aliphatic heterocycles. The summed E-state index contributed by atoms with van der Waals surface area (Å²) in [5.74, 6) is 1.70. The van der Waals surface area contributed by atoms with Crippen LogP contribution in [0.1, 0.15) is 25.3 Å². The summed E-state index contributed by atoms with van der Waals surface area (Å²) >= 11 is 1.65. The molecule has 1 saturated heterocycles. The molecule has 2 heterocycles. The summed E-state index contributed by atoms with van der Waals surface area (Å²) < 4.78 is 10.7. The minimum atomic E-state index is 0.0701. The average molecular weight is 298 g/mol. The van der Waals surface area contributed by atoms with Gasteiger partial charge in [-0.05, 0) is 12.2 Å². The van der Waals surface area contributed by atoms with Gasteiger partial charge in [0.25, 0.3) is 0 Å². The summed E-state index contributed by atoms with van der Waals surface area (Å²) in [5, 5.41) is 7.42. The van der Waals surface area contributed by atoms with Crippen LogP contribution in [0.5, 0.6) is 0 Å². The van der Waals surface area contributed by atoms with E-state index in [9.17, 15) is 4.79 Å². The molecule has 2 unspecified atom stereocenters. The number of aryl methyl sites for hydroxylation is 1. The number of aromatic nitrogens is 1. The van der Waals surface area contributed by atoms with Crippen molar-refractivity contribution in [3.63, 3.8) is 0 Å². The standard InChI is InChI=1S/C14H22N2O3S/c1-9(2)20-8-14(17)15-13-7-18-6-11(13)5-12-4-10(3)16-19-12/h4,9,11,13H,5-8H2,1-3H3,(H,15,17). The molecule has 0 aromatic carbocycles. The van der Waals surface area contributed by atoms with Crippen LogP contribution in [-0.4, -0.2) is 41.3 Å². The number of carbonyl (C=O) groups excluding carboxylic acids is 1. The summed E-state index contributed by atoms with van der Waals surface area (Å²) in [6, 6.07) is 2.01. The minimum Gasteiger partial charge on any atom is -0.379 e. The van der Waals surface area contributed by atoms with Crippen molar-refractivity contribution in [3.05, 3.63) is 17.5 Å². The maximum Gasteiger partial charge on any atom is 0.230 e. The Balaban J connectivity index is 1.82. The molecule has 0 bridgehead atoms. The zero-order valence-electron chi connectivity index (χ0n) is 12.2. The smallest absolute Gasteiger partial charge is 0.230 e. The fraction of sp³-hybridized carbons (Fsp3) is 0.714. The molecule has 1 amide bonds. The molecule has 1 N–H and O–H groups in total. The highest BCUT2D eigenvalue weighted by Crippen LogP contribution is 2.20. The van der Waals surface area contributed by atoms with Gasteiger partial charge in [-0.25, -0.2) is 0 Å². The van der Waals surface area contributed by atoms with Gasteiger partial charge in [-0.3, -0.25) is 4.79 Å². The van der Waals surface area contributed by atoms with Crippen molar-refractivity contribution in [2.45, 2.75) is 38.5 Å².